The Hall–Kier alpha value is -0.960. The van der Waals surface area contributed by atoms with Gasteiger partial charge < -0.3 is 9.84 Å². The van der Waals surface area contributed by atoms with Gasteiger partial charge >= 0.3 is 6.61 Å². The van der Waals surface area contributed by atoms with E-state index in [1.54, 1.807) is 6.92 Å². The molecule has 0 radical (unpaired) electrons. The molecule has 9 heteroatoms. The minimum atomic E-state index is -3.82. The second-order valence-corrected chi connectivity index (χ2v) is 6.48. The van der Waals surface area contributed by atoms with Crippen molar-refractivity contribution in [2.45, 2.75) is 37.3 Å². The molecule has 0 aliphatic heterocycles. The van der Waals surface area contributed by atoms with Gasteiger partial charge in [0.05, 0.1) is 9.92 Å². The van der Waals surface area contributed by atoms with Crippen LogP contribution in [0.25, 0.3) is 0 Å². The van der Waals surface area contributed by atoms with E-state index in [9.17, 15) is 17.2 Å². The fourth-order valence-electron chi connectivity index (χ4n) is 1.63. The second kappa shape index (κ2) is 7.88. The summed E-state index contributed by atoms with van der Waals surface area (Å²) >= 11 is 5.72. The van der Waals surface area contributed by atoms with Gasteiger partial charge in [-0.2, -0.15) is 8.78 Å². The van der Waals surface area contributed by atoms with Crippen molar-refractivity contribution < 1.29 is 27.0 Å². The van der Waals surface area contributed by atoms with Crippen molar-refractivity contribution in [1.29, 1.82) is 0 Å². The molecule has 0 saturated carbocycles. The third-order valence-electron chi connectivity index (χ3n) is 2.58. The number of ether oxygens (including phenoxy) is 1. The molecule has 5 nitrogen and oxygen atoms in total. The molecule has 0 fully saturated rings. The molecule has 1 atom stereocenters. The fraction of sp³-hybridized carbons (Fsp3) is 0.500. The first-order valence-electron chi connectivity index (χ1n) is 6.14. The Kier molecular flexibility index (Phi) is 6.79. The molecule has 0 aromatic heterocycles. The molecule has 1 aromatic rings. The zero-order valence-corrected chi connectivity index (χ0v) is 12.8. The van der Waals surface area contributed by atoms with Crippen LogP contribution >= 0.6 is 11.6 Å². The number of halogens is 3. The number of sulfonamides is 1. The number of benzene rings is 1. The Balaban J connectivity index is 2.86. The van der Waals surface area contributed by atoms with Gasteiger partial charge in [-0.05, 0) is 38.0 Å². The molecule has 0 amide bonds. The Morgan fingerprint density at radius 1 is 1.43 bits per heavy atom. The van der Waals surface area contributed by atoms with Crippen molar-refractivity contribution in [2.75, 3.05) is 6.61 Å². The first-order valence-corrected chi connectivity index (χ1v) is 8.00. The van der Waals surface area contributed by atoms with Gasteiger partial charge in [0.2, 0.25) is 10.0 Å². The molecule has 1 rings (SSSR count). The topological polar surface area (TPSA) is 75.6 Å². The van der Waals surface area contributed by atoms with Crippen LogP contribution in [0.5, 0.6) is 5.75 Å². The highest BCUT2D eigenvalue weighted by Crippen LogP contribution is 2.28. The molecule has 2 N–H and O–H groups in total. The van der Waals surface area contributed by atoms with Gasteiger partial charge in [0.1, 0.15) is 5.75 Å². The van der Waals surface area contributed by atoms with Gasteiger partial charge in [-0.3, -0.25) is 0 Å². The highest BCUT2D eigenvalue weighted by Gasteiger charge is 2.19. The van der Waals surface area contributed by atoms with E-state index >= 15 is 0 Å². The predicted octanol–water partition coefficient (Wildman–Crippen LogP) is 2.38. The normalized spacial score (nSPS) is 13.4. The van der Waals surface area contributed by atoms with E-state index < -0.39 is 16.6 Å². The van der Waals surface area contributed by atoms with Gasteiger partial charge in [0.25, 0.3) is 0 Å². The van der Waals surface area contributed by atoms with Gasteiger partial charge in [-0.25, -0.2) is 13.1 Å². The molecule has 0 aliphatic rings. The number of aliphatic hydroxyl groups excluding tert-OH is 1. The third kappa shape index (κ3) is 5.74. The van der Waals surface area contributed by atoms with E-state index in [1.165, 1.54) is 0 Å². The molecule has 1 unspecified atom stereocenters. The van der Waals surface area contributed by atoms with E-state index in [-0.39, 0.29) is 28.3 Å². The van der Waals surface area contributed by atoms with Crippen LogP contribution < -0.4 is 9.46 Å². The van der Waals surface area contributed by atoms with E-state index in [1.807, 2.05) is 0 Å². The number of hydrogen-bond acceptors (Lipinski definition) is 4. The molecule has 0 aliphatic carbocycles. The summed E-state index contributed by atoms with van der Waals surface area (Å²) < 4.78 is 54.9. The van der Waals surface area contributed by atoms with Crippen LogP contribution in [-0.2, 0) is 10.0 Å². The summed E-state index contributed by atoms with van der Waals surface area (Å²) in [4.78, 5) is -0.148. The van der Waals surface area contributed by atoms with E-state index in [0.29, 0.717) is 12.8 Å². The molecule has 0 saturated heterocycles. The number of rotatable bonds is 8. The maximum Gasteiger partial charge on any atom is 0.387 e. The minimum absolute atomic E-state index is 0.0302. The average molecular weight is 344 g/mol. The maximum atomic E-state index is 12.1. The van der Waals surface area contributed by atoms with Crippen molar-refractivity contribution in [3.8, 4) is 5.75 Å². The molecular formula is C12H16ClF2NO4S. The van der Waals surface area contributed by atoms with Crippen LogP contribution in [-0.4, -0.2) is 32.8 Å². The summed E-state index contributed by atoms with van der Waals surface area (Å²) in [5.74, 6) is -0.293. The van der Waals surface area contributed by atoms with Gasteiger partial charge in [-0.15, -0.1) is 0 Å². The number of alkyl halides is 2. The Bertz CT molecular complexity index is 568. The predicted molar refractivity (Wildman–Crippen MR) is 74.2 cm³/mol. The van der Waals surface area contributed by atoms with E-state index in [4.69, 9.17) is 16.7 Å². The lowest BCUT2D eigenvalue weighted by Gasteiger charge is -2.14. The summed E-state index contributed by atoms with van der Waals surface area (Å²) in [7, 11) is -3.82. The zero-order chi connectivity index (χ0) is 16.0. The van der Waals surface area contributed by atoms with E-state index in [0.717, 1.165) is 18.2 Å². The number of hydrogen-bond donors (Lipinski definition) is 2. The average Bonchev–Trinajstić information content (AvgIpc) is 2.37. The lowest BCUT2D eigenvalue weighted by atomic mass is 10.2. The molecule has 0 bridgehead atoms. The standard InChI is InChI=1S/C12H16ClF2NO4S/c1-8(3-2-6-17)16-21(18,19)9-4-5-11(10(13)7-9)20-12(14)15/h4-5,7-8,12,16-17H,2-3,6H2,1H3. The lowest BCUT2D eigenvalue weighted by Crippen LogP contribution is -2.32. The largest absolute Gasteiger partial charge is 0.433 e. The van der Waals surface area contributed by atoms with Crippen molar-refractivity contribution >= 4 is 21.6 Å². The Labute approximate surface area is 126 Å². The van der Waals surface area contributed by atoms with Gasteiger partial charge in [0, 0.05) is 12.6 Å². The van der Waals surface area contributed by atoms with Crippen molar-refractivity contribution in [3.05, 3.63) is 23.2 Å². The molecule has 0 heterocycles. The summed E-state index contributed by atoms with van der Waals surface area (Å²) in [5, 5.41) is 8.48. The SMILES string of the molecule is CC(CCCO)NS(=O)(=O)c1ccc(OC(F)F)c(Cl)c1. The number of aliphatic hydroxyl groups is 1. The third-order valence-corrected chi connectivity index (χ3v) is 4.46. The molecular weight excluding hydrogens is 328 g/mol. The highest BCUT2D eigenvalue weighted by molar-refractivity contribution is 7.89. The van der Waals surface area contributed by atoms with Gasteiger partial charge in [0.15, 0.2) is 0 Å². The first kappa shape index (κ1) is 18.1. The zero-order valence-electron chi connectivity index (χ0n) is 11.2. The van der Waals surface area contributed by atoms with Crippen molar-refractivity contribution in [1.82, 2.24) is 4.72 Å². The van der Waals surface area contributed by atoms with Crippen LogP contribution in [0.15, 0.2) is 23.1 Å². The fourth-order valence-corrected chi connectivity index (χ4v) is 3.22. The second-order valence-electron chi connectivity index (χ2n) is 4.36. The van der Waals surface area contributed by atoms with E-state index in [2.05, 4.69) is 9.46 Å². The highest BCUT2D eigenvalue weighted by atomic mass is 35.5. The summed E-state index contributed by atoms with van der Waals surface area (Å²) in [6, 6.07) is 2.87. The minimum Gasteiger partial charge on any atom is -0.433 e. The first-order chi connectivity index (χ1) is 9.76. The van der Waals surface area contributed by atoms with Crippen molar-refractivity contribution in [2.24, 2.45) is 0 Å². The molecule has 120 valence electrons. The monoisotopic (exact) mass is 343 g/mol. The van der Waals surface area contributed by atoms with Crippen LogP contribution in [0.3, 0.4) is 0 Å². The smallest absolute Gasteiger partial charge is 0.387 e. The number of nitrogens with one attached hydrogen (secondary N) is 1. The Morgan fingerprint density at radius 2 is 2.10 bits per heavy atom. The summed E-state index contributed by atoms with van der Waals surface area (Å²) in [6.07, 6.45) is 0.932. The Morgan fingerprint density at radius 3 is 2.62 bits per heavy atom. The van der Waals surface area contributed by atoms with Crippen molar-refractivity contribution in [3.63, 3.8) is 0 Å². The van der Waals surface area contributed by atoms with Crippen LogP contribution in [0.1, 0.15) is 19.8 Å². The van der Waals surface area contributed by atoms with Crippen LogP contribution in [0.4, 0.5) is 8.78 Å². The maximum absolute atomic E-state index is 12.1. The molecule has 1 aromatic carbocycles. The van der Waals surface area contributed by atoms with Gasteiger partial charge in [-0.1, -0.05) is 11.6 Å². The molecule has 0 spiro atoms. The molecule has 21 heavy (non-hydrogen) atoms. The quantitative estimate of drug-likeness (QED) is 0.760. The lowest BCUT2D eigenvalue weighted by molar-refractivity contribution is -0.0498. The summed E-state index contributed by atoms with van der Waals surface area (Å²) in [5.41, 5.74) is 0. The summed E-state index contributed by atoms with van der Waals surface area (Å²) in [6.45, 7) is -1.41. The van der Waals surface area contributed by atoms with Crippen LogP contribution in [0, 0.1) is 0 Å². The van der Waals surface area contributed by atoms with Crippen LogP contribution in [0.2, 0.25) is 5.02 Å².